The summed E-state index contributed by atoms with van der Waals surface area (Å²) in [4.78, 5) is 28.6. The molecule has 0 aromatic carbocycles. The number of allylic oxidation sites excluding steroid dienone is 1. The normalized spacial score (nSPS) is 44.8. The Bertz CT molecular complexity index is 1280. The Morgan fingerprint density at radius 2 is 1.51 bits per heavy atom. The van der Waals surface area contributed by atoms with Crippen molar-refractivity contribution in [1.29, 1.82) is 0 Å². The fourth-order valence-electron chi connectivity index (χ4n) is 9.72. The molecule has 13 nitrogen and oxygen atoms in total. The third-order valence-electron chi connectivity index (χ3n) is 12.9. The van der Waals surface area contributed by atoms with Crippen LogP contribution < -0.4 is 0 Å². The smallest absolute Gasteiger partial charge is 0.311 e. The Kier molecular flexibility index (Phi) is 20.0. The van der Waals surface area contributed by atoms with E-state index < -0.39 is 83.6 Å². The number of carbonyl (C=O) groups excluding carboxylic acids is 2. The number of rotatable bonds is 12. The summed E-state index contributed by atoms with van der Waals surface area (Å²) in [7, 11) is 10.6. The molecule has 17 atom stereocenters. The first kappa shape index (κ1) is 51.4. The number of hydrogen-bond acceptors (Lipinski definition) is 13. The fourth-order valence-corrected chi connectivity index (χ4v) is 9.72. The van der Waals surface area contributed by atoms with Crippen LogP contribution in [0.2, 0.25) is 0 Å². The van der Waals surface area contributed by atoms with E-state index in [9.17, 15) is 14.7 Å². The van der Waals surface area contributed by atoms with Crippen molar-refractivity contribution >= 4 is 12.3 Å². The predicted molar refractivity (Wildman–Crippen MR) is 220 cm³/mol. The van der Waals surface area contributed by atoms with Gasteiger partial charge in [-0.1, -0.05) is 32.4 Å². The van der Waals surface area contributed by atoms with E-state index in [0.717, 1.165) is 18.3 Å². The summed E-state index contributed by atoms with van der Waals surface area (Å²) in [6, 6.07) is 0.0120. The first-order chi connectivity index (χ1) is 26.7. The highest BCUT2D eigenvalue weighted by Gasteiger charge is 2.53. The van der Waals surface area contributed by atoms with Gasteiger partial charge in [0.15, 0.2) is 12.6 Å². The molecule has 0 saturated carbocycles. The predicted octanol–water partition coefficient (Wildman–Crippen LogP) is 6.14. The highest BCUT2D eigenvalue weighted by atomic mass is 16.7. The molecular formula is C44H79NO12. The van der Waals surface area contributed by atoms with Crippen LogP contribution in [0.3, 0.4) is 0 Å². The number of methoxy groups -OCH3 is 4. The van der Waals surface area contributed by atoms with Crippen molar-refractivity contribution in [3.8, 4) is 0 Å². The lowest BCUT2D eigenvalue weighted by molar-refractivity contribution is -0.322. The van der Waals surface area contributed by atoms with Crippen LogP contribution in [-0.4, -0.2) is 143 Å². The molecule has 57 heavy (non-hydrogen) atoms. The van der Waals surface area contributed by atoms with Crippen molar-refractivity contribution in [2.45, 2.75) is 179 Å². The van der Waals surface area contributed by atoms with Gasteiger partial charge in [0.05, 0.1) is 41.5 Å². The van der Waals surface area contributed by atoms with Crippen LogP contribution in [-0.2, 0) is 52.2 Å². The van der Waals surface area contributed by atoms with Crippen molar-refractivity contribution in [3.63, 3.8) is 0 Å². The minimum atomic E-state index is -1.54. The van der Waals surface area contributed by atoms with E-state index in [2.05, 4.69) is 31.1 Å². The molecule has 13 heteroatoms. The van der Waals surface area contributed by atoms with Gasteiger partial charge in [-0.3, -0.25) is 4.79 Å². The van der Waals surface area contributed by atoms with E-state index in [4.69, 9.17) is 42.6 Å². The SMILES string of the molecule is C=C.CC[C@H]1OC(=O)[C@H](C)[C@@H](O[C@H]2C[C@@](C)(OC)[C@@H](OC)[C@H](C)O2)[C@H](C)[C@@H](O[C@@H]2O[C@H](C)C[C@H](N(C)C)[C@H]2OC)[C@](C)(OC)C[C@@H](C)/C=C(/C)[C@@H](CC=O)[C@]1(C)O. The molecule has 2 saturated heterocycles. The zero-order chi connectivity index (χ0) is 43.6. The summed E-state index contributed by atoms with van der Waals surface area (Å²) >= 11 is 0. The first-order valence-corrected chi connectivity index (χ1v) is 20.7. The molecule has 0 aromatic rings. The van der Waals surface area contributed by atoms with Gasteiger partial charge in [-0.25, -0.2) is 0 Å². The summed E-state index contributed by atoms with van der Waals surface area (Å²) < 4.78 is 57.8. The van der Waals surface area contributed by atoms with Gasteiger partial charge in [0.25, 0.3) is 0 Å². The van der Waals surface area contributed by atoms with E-state index >= 15 is 0 Å². The third kappa shape index (κ3) is 12.0. The van der Waals surface area contributed by atoms with Gasteiger partial charge in [0.2, 0.25) is 0 Å². The van der Waals surface area contributed by atoms with Crippen LogP contribution in [0.25, 0.3) is 0 Å². The van der Waals surface area contributed by atoms with Crippen molar-refractivity contribution in [2.75, 3.05) is 42.5 Å². The van der Waals surface area contributed by atoms with E-state index in [0.29, 0.717) is 19.3 Å². The highest BCUT2D eigenvalue weighted by molar-refractivity contribution is 5.73. The molecule has 0 unspecified atom stereocenters. The third-order valence-corrected chi connectivity index (χ3v) is 12.9. The number of esters is 1. The molecule has 0 spiro atoms. The topological polar surface area (TPSA) is 141 Å². The van der Waals surface area contributed by atoms with Crippen molar-refractivity contribution in [2.24, 2.45) is 23.7 Å². The minimum absolute atomic E-state index is 0.0120. The Morgan fingerprint density at radius 3 is 2.02 bits per heavy atom. The quantitative estimate of drug-likeness (QED) is 0.137. The lowest BCUT2D eigenvalue weighted by Gasteiger charge is -2.50. The molecule has 3 heterocycles. The van der Waals surface area contributed by atoms with Crippen LogP contribution in [0.5, 0.6) is 0 Å². The van der Waals surface area contributed by atoms with Crippen LogP contribution in [0.4, 0.5) is 0 Å². The van der Waals surface area contributed by atoms with Crippen molar-refractivity contribution in [1.82, 2.24) is 4.90 Å². The molecule has 3 aliphatic heterocycles. The summed E-state index contributed by atoms with van der Waals surface area (Å²) in [6.45, 7) is 25.2. The molecule has 332 valence electrons. The molecule has 0 aromatic heterocycles. The number of aldehydes is 1. The van der Waals surface area contributed by atoms with E-state index in [-0.39, 0.29) is 30.6 Å². The monoisotopic (exact) mass is 814 g/mol. The zero-order valence-electron chi connectivity index (χ0n) is 38.1. The Hall–Kier alpha value is -1.78. The maximum atomic E-state index is 14.5. The second kappa shape index (κ2) is 22.2. The highest BCUT2D eigenvalue weighted by Crippen LogP contribution is 2.43. The van der Waals surface area contributed by atoms with Gasteiger partial charge in [-0.2, -0.15) is 0 Å². The van der Waals surface area contributed by atoms with Crippen molar-refractivity contribution in [3.05, 3.63) is 24.8 Å². The maximum Gasteiger partial charge on any atom is 0.311 e. The second-order valence-corrected chi connectivity index (χ2v) is 17.4. The fraction of sp³-hybridized carbons (Fsp3) is 0.864. The van der Waals surface area contributed by atoms with E-state index in [1.165, 1.54) is 0 Å². The number of nitrogens with zero attached hydrogens (tertiary/aromatic N) is 1. The van der Waals surface area contributed by atoms with Crippen LogP contribution in [0.15, 0.2) is 24.8 Å². The Labute approximate surface area is 344 Å². The number of cyclic esters (lactones) is 1. The van der Waals surface area contributed by atoms with Gasteiger partial charge >= 0.3 is 5.97 Å². The van der Waals surface area contributed by atoms with Gasteiger partial charge in [0, 0.05) is 59.2 Å². The molecule has 0 radical (unpaired) electrons. The van der Waals surface area contributed by atoms with Gasteiger partial charge < -0.3 is 57.4 Å². The molecule has 2 fully saturated rings. The summed E-state index contributed by atoms with van der Waals surface area (Å²) in [6.07, 6.45) is -0.512. The summed E-state index contributed by atoms with van der Waals surface area (Å²) in [5, 5.41) is 12.1. The standard InChI is InChI=1S/C42H75NO12.C2H4/c1-17-32-42(10,46)30(18-19-44)25(3)20-24(2)22-40(8,49-15)36(55-39-35(47-13)31(43(11)12)21-26(4)51-39)27(5)34(28(6)38(45)53-32)54-33-23-41(9,50-16)37(48-14)29(7)52-33;1-2/h19-20,24,26-37,39,46H,17-18,21-23H2,1-16H3;1-2H2/b25-20-;/t24-,26+,27-,28+,29-,30+,31-,32+,33-,34-,35+,36+,37-,39-,40+,41+,42-;/m0./s1. The Morgan fingerprint density at radius 1 is 0.912 bits per heavy atom. The first-order valence-electron chi connectivity index (χ1n) is 20.7. The van der Waals surface area contributed by atoms with Gasteiger partial charge in [-0.15, -0.1) is 13.2 Å². The summed E-state index contributed by atoms with van der Waals surface area (Å²) in [5.74, 6) is -2.65. The van der Waals surface area contributed by atoms with Gasteiger partial charge in [-0.05, 0) is 87.7 Å². The largest absolute Gasteiger partial charge is 0.459 e. The zero-order valence-corrected chi connectivity index (χ0v) is 38.1. The Balaban J connectivity index is 0.00000551. The lowest BCUT2D eigenvalue weighted by atomic mass is 9.74. The molecule has 3 aliphatic rings. The minimum Gasteiger partial charge on any atom is -0.459 e. The molecule has 0 amide bonds. The van der Waals surface area contributed by atoms with Crippen LogP contribution in [0, 0.1) is 23.7 Å². The number of carbonyl (C=O) groups is 2. The molecule has 1 N–H and O–H groups in total. The second-order valence-electron chi connectivity index (χ2n) is 17.4. The summed E-state index contributed by atoms with van der Waals surface area (Å²) in [5.41, 5.74) is -2.44. The lowest BCUT2D eigenvalue weighted by Crippen LogP contribution is -2.61. The number of ether oxygens (including phenoxy) is 9. The van der Waals surface area contributed by atoms with E-state index in [1.807, 2.05) is 62.6 Å². The average Bonchev–Trinajstić information content (AvgIpc) is 3.16. The average molecular weight is 814 g/mol. The van der Waals surface area contributed by atoms with E-state index in [1.54, 1.807) is 42.3 Å². The van der Waals surface area contributed by atoms with Gasteiger partial charge in [0.1, 0.15) is 30.2 Å². The molecule has 0 aliphatic carbocycles. The van der Waals surface area contributed by atoms with Crippen LogP contribution in [0.1, 0.15) is 101 Å². The molecule has 0 bridgehead atoms. The van der Waals surface area contributed by atoms with Crippen molar-refractivity contribution < 1.29 is 57.3 Å². The maximum absolute atomic E-state index is 14.5. The molecular weight excluding hydrogens is 734 g/mol. The number of likely N-dealkylation sites (N-methyl/N-ethyl adjacent to an activating group) is 1. The molecule has 3 rings (SSSR count). The van der Waals surface area contributed by atoms with Crippen LogP contribution >= 0.6 is 0 Å². The number of aliphatic hydroxyl groups is 1. The number of hydrogen-bond donors (Lipinski definition) is 1.